The summed E-state index contributed by atoms with van der Waals surface area (Å²) in [6.45, 7) is 0. The number of hydrogen-bond acceptors (Lipinski definition) is 4. The molecule has 0 radical (unpaired) electrons. The molecule has 1 aliphatic heterocycles. The molecule has 2 atom stereocenters. The molecule has 3 N–H and O–H groups in total. The summed E-state index contributed by atoms with van der Waals surface area (Å²) in [6, 6.07) is 13.6. The number of anilines is 1. The number of benzene rings is 2. The van der Waals surface area contributed by atoms with Crippen molar-refractivity contribution in [2.45, 2.75) is 24.1 Å². The van der Waals surface area contributed by atoms with Gasteiger partial charge in [-0.05, 0) is 29.8 Å². The number of thioether (sulfide) groups is 1. The molecular weight excluding hydrogens is 391 g/mol. The fourth-order valence-corrected chi connectivity index (χ4v) is 3.63. The monoisotopic (exact) mass is 409 g/mol. The third kappa shape index (κ3) is 5.49. The zero-order valence-corrected chi connectivity index (χ0v) is 15.4. The Balaban J connectivity index is 1.52. The van der Waals surface area contributed by atoms with Crippen molar-refractivity contribution in [3.63, 3.8) is 0 Å². The normalized spacial score (nSPS) is 19.8. The molecule has 2 aromatic rings. The Morgan fingerprint density at radius 2 is 1.79 bits per heavy atom. The van der Waals surface area contributed by atoms with Crippen LogP contribution in [0.2, 0.25) is 0 Å². The summed E-state index contributed by atoms with van der Waals surface area (Å²) in [4.78, 5) is 24.0. The first kappa shape index (κ1) is 20.2. The standard InChI is InChI=1S/C19H18F3N3O2S/c20-19(21,22)13-6-8-14(9-7-13)23-17(27)11-28-18-24-15(10-16(26)25-18)12-4-2-1-3-5-12/h1-9,15,18,24H,10-11H2,(H,23,27)(H,25,26). The molecule has 28 heavy (non-hydrogen) atoms. The van der Waals surface area contributed by atoms with E-state index in [0.717, 1.165) is 17.7 Å². The Labute approximate surface area is 164 Å². The molecule has 2 amide bonds. The van der Waals surface area contributed by atoms with Crippen LogP contribution in [0.15, 0.2) is 54.6 Å². The summed E-state index contributed by atoms with van der Waals surface area (Å²) >= 11 is 1.20. The maximum atomic E-state index is 12.6. The predicted molar refractivity (Wildman–Crippen MR) is 101 cm³/mol. The van der Waals surface area contributed by atoms with Gasteiger partial charge in [0.25, 0.3) is 0 Å². The SMILES string of the molecule is O=C(CSC1NC(=O)CC(c2ccccc2)N1)Nc1ccc(C(F)(F)F)cc1. The highest BCUT2D eigenvalue weighted by Crippen LogP contribution is 2.30. The Morgan fingerprint density at radius 3 is 2.43 bits per heavy atom. The second-order valence-electron chi connectivity index (χ2n) is 6.22. The van der Waals surface area contributed by atoms with E-state index < -0.39 is 17.2 Å². The lowest BCUT2D eigenvalue weighted by Gasteiger charge is -2.31. The van der Waals surface area contributed by atoms with Gasteiger partial charge in [0.1, 0.15) is 5.50 Å². The van der Waals surface area contributed by atoms with Crippen molar-refractivity contribution >= 4 is 29.3 Å². The summed E-state index contributed by atoms with van der Waals surface area (Å²) in [5.41, 5.74) is 0.0457. The van der Waals surface area contributed by atoms with Crippen LogP contribution in [0.1, 0.15) is 23.6 Å². The lowest BCUT2D eigenvalue weighted by molar-refractivity contribution is -0.137. The minimum atomic E-state index is -4.42. The fourth-order valence-electron chi connectivity index (χ4n) is 2.76. The van der Waals surface area contributed by atoms with Crippen molar-refractivity contribution < 1.29 is 22.8 Å². The topological polar surface area (TPSA) is 70.2 Å². The molecule has 9 heteroatoms. The molecule has 0 aromatic heterocycles. The molecule has 0 aliphatic carbocycles. The van der Waals surface area contributed by atoms with Crippen LogP contribution in [0.3, 0.4) is 0 Å². The Hall–Kier alpha value is -2.52. The number of rotatable bonds is 5. The van der Waals surface area contributed by atoms with Crippen molar-refractivity contribution in [3.05, 3.63) is 65.7 Å². The number of alkyl halides is 3. The maximum absolute atomic E-state index is 12.6. The van der Waals surface area contributed by atoms with E-state index in [9.17, 15) is 22.8 Å². The van der Waals surface area contributed by atoms with E-state index >= 15 is 0 Å². The van der Waals surface area contributed by atoms with Gasteiger partial charge in [-0.1, -0.05) is 30.3 Å². The van der Waals surface area contributed by atoms with Crippen LogP contribution in [-0.4, -0.2) is 23.1 Å². The Morgan fingerprint density at radius 1 is 1.11 bits per heavy atom. The first-order valence-corrected chi connectivity index (χ1v) is 9.55. The second kappa shape index (κ2) is 8.66. The molecule has 2 aromatic carbocycles. The minimum absolute atomic E-state index is 0.0283. The third-order valence-electron chi connectivity index (χ3n) is 4.11. The number of nitrogens with one attached hydrogen (secondary N) is 3. The molecule has 1 aliphatic rings. The van der Waals surface area contributed by atoms with Crippen LogP contribution < -0.4 is 16.0 Å². The third-order valence-corrected chi connectivity index (χ3v) is 5.13. The maximum Gasteiger partial charge on any atom is 0.416 e. The van der Waals surface area contributed by atoms with E-state index in [0.29, 0.717) is 6.42 Å². The predicted octanol–water partition coefficient (Wildman–Crippen LogP) is 3.51. The first-order chi connectivity index (χ1) is 13.3. The van der Waals surface area contributed by atoms with E-state index in [1.54, 1.807) is 0 Å². The highest BCUT2D eigenvalue weighted by atomic mass is 32.2. The van der Waals surface area contributed by atoms with Gasteiger partial charge in [0.15, 0.2) is 0 Å². The van der Waals surface area contributed by atoms with Crippen LogP contribution in [0.5, 0.6) is 0 Å². The lowest BCUT2D eigenvalue weighted by atomic mass is 10.0. The molecular formula is C19H18F3N3O2S. The summed E-state index contributed by atoms with van der Waals surface area (Å²) < 4.78 is 37.7. The molecule has 3 rings (SSSR count). The second-order valence-corrected chi connectivity index (χ2v) is 7.31. The van der Waals surface area contributed by atoms with Crippen LogP contribution in [0, 0.1) is 0 Å². The highest BCUT2D eigenvalue weighted by Gasteiger charge is 2.30. The molecule has 2 unspecified atom stereocenters. The number of carbonyl (C=O) groups excluding carboxylic acids is 2. The highest BCUT2D eigenvalue weighted by molar-refractivity contribution is 8.00. The van der Waals surface area contributed by atoms with Crippen LogP contribution in [0.25, 0.3) is 0 Å². The van der Waals surface area contributed by atoms with Crippen molar-refractivity contribution in [2.24, 2.45) is 0 Å². The fraction of sp³-hybridized carbons (Fsp3) is 0.263. The molecule has 0 spiro atoms. The van der Waals surface area contributed by atoms with Crippen LogP contribution in [0.4, 0.5) is 18.9 Å². The van der Waals surface area contributed by atoms with Crippen molar-refractivity contribution in [1.82, 2.24) is 10.6 Å². The van der Waals surface area contributed by atoms with Gasteiger partial charge >= 0.3 is 6.18 Å². The van der Waals surface area contributed by atoms with E-state index in [1.807, 2.05) is 30.3 Å². The van der Waals surface area contributed by atoms with Gasteiger partial charge in [-0.25, -0.2) is 0 Å². The summed E-state index contributed by atoms with van der Waals surface area (Å²) in [5.74, 6) is -0.462. The van der Waals surface area contributed by atoms with Crippen LogP contribution in [-0.2, 0) is 15.8 Å². The lowest BCUT2D eigenvalue weighted by Crippen LogP contribution is -2.51. The molecule has 148 valence electrons. The summed E-state index contributed by atoms with van der Waals surface area (Å²) in [5, 5.41) is 8.58. The zero-order chi connectivity index (χ0) is 20.1. The van der Waals surface area contributed by atoms with E-state index in [-0.39, 0.29) is 29.3 Å². The summed E-state index contributed by atoms with van der Waals surface area (Å²) in [7, 11) is 0. The Kier molecular flexibility index (Phi) is 6.25. The van der Waals surface area contributed by atoms with E-state index in [1.165, 1.54) is 23.9 Å². The largest absolute Gasteiger partial charge is 0.416 e. The minimum Gasteiger partial charge on any atom is -0.332 e. The summed E-state index contributed by atoms with van der Waals surface area (Å²) in [6.07, 6.45) is -4.11. The molecule has 1 saturated heterocycles. The van der Waals surface area contributed by atoms with Gasteiger partial charge in [-0.3, -0.25) is 14.9 Å². The van der Waals surface area contributed by atoms with Gasteiger partial charge in [0, 0.05) is 18.2 Å². The molecule has 0 bridgehead atoms. The van der Waals surface area contributed by atoms with Gasteiger partial charge in [-0.15, -0.1) is 11.8 Å². The molecule has 5 nitrogen and oxygen atoms in total. The number of amides is 2. The molecule has 1 fully saturated rings. The van der Waals surface area contributed by atoms with Crippen molar-refractivity contribution in [1.29, 1.82) is 0 Å². The Bertz CT molecular complexity index is 829. The van der Waals surface area contributed by atoms with E-state index in [2.05, 4.69) is 16.0 Å². The van der Waals surface area contributed by atoms with Crippen LogP contribution >= 0.6 is 11.8 Å². The average Bonchev–Trinajstić information content (AvgIpc) is 2.66. The van der Waals surface area contributed by atoms with Gasteiger partial charge in [0.05, 0.1) is 11.3 Å². The van der Waals surface area contributed by atoms with E-state index in [4.69, 9.17) is 0 Å². The number of halogens is 3. The van der Waals surface area contributed by atoms with Crippen molar-refractivity contribution in [3.8, 4) is 0 Å². The molecule has 0 saturated carbocycles. The van der Waals surface area contributed by atoms with Gasteiger partial charge in [-0.2, -0.15) is 13.2 Å². The zero-order valence-electron chi connectivity index (χ0n) is 14.6. The smallest absolute Gasteiger partial charge is 0.332 e. The molecule has 1 heterocycles. The average molecular weight is 409 g/mol. The van der Waals surface area contributed by atoms with Gasteiger partial charge < -0.3 is 10.6 Å². The number of carbonyl (C=O) groups is 2. The quantitative estimate of drug-likeness (QED) is 0.707. The first-order valence-electron chi connectivity index (χ1n) is 8.50. The van der Waals surface area contributed by atoms with Crippen molar-refractivity contribution in [2.75, 3.05) is 11.1 Å². The van der Waals surface area contributed by atoms with Gasteiger partial charge in [0.2, 0.25) is 11.8 Å². The number of hydrogen-bond donors (Lipinski definition) is 3.